The van der Waals surface area contributed by atoms with Crippen LogP contribution >= 0.6 is 0 Å². The normalized spacial score (nSPS) is 18.4. The smallest absolute Gasteiger partial charge is 0.259 e. The summed E-state index contributed by atoms with van der Waals surface area (Å²) in [5.74, 6) is 0.0491. The summed E-state index contributed by atoms with van der Waals surface area (Å²) < 4.78 is 49.5. The van der Waals surface area contributed by atoms with Crippen LogP contribution in [0.1, 0.15) is 22.6 Å². The molecule has 9 heteroatoms. The summed E-state index contributed by atoms with van der Waals surface area (Å²) in [7, 11) is -0.287. The quantitative estimate of drug-likeness (QED) is 0.584. The number of hydrogen-bond acceptors (Lipinski definition) is 5. The molecule has 2 heterocycles. The van der Waals surface area contributed by atoms with Crippen molar-refractivity contribution >= 4 is 10.0 Å². The Morgan fingerprint density at radius 2 is 2.03 bits per heavy atom. The van der Waals surface area contributed by atoms with E-state index in [0.717, 1.165) is 12.0 Å². The minimum Gasteiger partial charge on any atom is -0.492 e. The van der Waals surface area contributed by atoms with E-state index in [1.807, 2.05) is 25.2 Å². The zero-order valence-electron chi connectivity index (χ0n) is 17.4. The van der Waals surface area contributed by atoms with Crippen LogP contribution < -0.4 is 14.8 Å². The van der Waals surface area contributed by atoms with Crippen molar-refractivity contribution in [3.05, 3.63) is 77.5 Å². The number of aromatic nitrogens is 2. The first-order valence-corrected chi connectivity index (χ1v) is 11.5. The summed E-state index contributed by atoms with van der Waals surface area (Å²) >= 11 is 0. The molecule has 2 N–H and O–H groups in total. The first-order valence-electron chi connectivity index (χ1n) is 10.0. The lowest BCUT2D eigenvalue weighted by atomic mass is 9.83. The van der Waals surface area contributed by atoms with E-state index in [9.17, 15) is 12.8 Å². The summed E-state index contributed by atoms with van der Waals surface area (Å²) in [5, 5.41) is 3.19. The van der Waals surface area contributed by atoms with Crippen LogP contribution in [-0.4, -0.2) is 37.7 Å². The largest absolute Gasteiger partial charge is 0.492 e. The van der Waals surface area contributed by atoms with Crippen LogP contribution in [0.15, 0.2) is 60.0 Å². The van der Waals surface area contributed by atoms with E-state index in [1.54, 1.807) is 13.1 Å². The standard InChI is InChI=1S/C22H25FN4O3S/c1-24-20-13-30-21-10-19(23)16(11-26-31(28,29)22-12-27(2)14-25-22)9-18(21)17(20)8-15-6-4-3-5-7-15/h3-7,9-10,12,14,17,20,24,26H,8,11,13H2,1-2H3/t17-,20-/m0/s1. The minimum absolute atomic E-state index is 0.0521. The summed E-state index contributed by atoms with van der Waals surface area (Å²) in [6.07, 6.45) is 3.55. The molecular weight excluding hydrogens is 419 g/mol. The highest BCUT2D eigenvalue weighted by atomic mass is 32.2. The summed E-state index contributed by atoms with van der Waals surface area (Å²) in [6.45, 7) is 0.256. The highest BCUT2D eigenvalue weighted by molar-refractivity contribution is 7.89. The van der Waals surface area contributed by atoms with Crippen molar-refractivity contribution in [1.29, 1.82) is 0 Å². The SMILES string of the molecule is CN[C@H]1COc2cc(F)c(CNS(=O)(=O)c3cn(C)cn3)cc2[C@@H]1Cc1ccccc1. The number of nitrogens with one attached hydrogen (secondary N) is 2. The van der Waals surface area contributed by atoms with E-state index in [4.69, 9.17) is 4.74 Å². The number of rotatable bonds is 7. The number of sulfonamides is 1. The van der Waals surface area contributed by atoms with E-state index in [1.165, 1.54) is 28.7 Å². The molecule has 164 valence electrons. The van der Waals surface area contributed by atoms with Crippen LogP contribution in [0.3, 0.4) is 0 Å². The van der Waals surface area contributed by atoms with Crippen molar-refractivity contribution in [2.75, 3.05) is 13.7 Å². The van der Waals surface area contributed by atoms with Crippen LogP contribution in [0.4, 0.5) is 4.39 Å². The number of nitrogens with zero attached hydrogens (tertiary/aromatic N) is 2. The van der Waals surface area contributed by atoms with Gasteiger partial charge in [-0.3, -0.25) is 0 Å². The topological polar surface area (TPSA) is 85.3 Å². The Bertz CT molecular complexity index is 1160. The second kappa shape index (κ2) is 8.78. The molecule has 0 radical (unpaired) electrons. The number of ether oxygens (including phenoxy) is 1. The van der Waals surface area contributed by atoms with E-state index in [2.05, 4.69) is 27.2 Å². The van der Waals surface area contributed by atoms with Gasteiger partial charge in [-0.25, -0.2) is 22.5 Å². The van der Waals surface area contributed by atoms with E-state index < -0.39 is 15.8 Å². The minimum atomic E-state index is -3.85. The number of aryl methyl sites for hydroxylation is 1. The molecule has 31 heavy (non-hydrogen) atoms. The molecule has 0 saturated heterocycles. The molecule has 0 spiro atoms. The molecule has 2 aromatic carbocycles. The number of likely N-dealkylation sites (N-methyl/N-ethyl adjacent to an activating group) is 1. The van der Waals surface area contributed by atoms with Crippen molar-refractivity contribution < 1.29 is 17.5 Å². The lowest BCUT2D eigenvalue weighted by Crippen LogP contribution is -2.41. The predicted molar refractivity (Wildman–Crippen MR) is 115 cm³/mol. The maximum atomic E-state index is 14.7. The molecule has 0 amide bonds. The molecule has 7 nitrogen and oxygen atoms in total. The Morgan fingerprint density at radius 1 is 1.26 bits per heavy atom. The average Bonchev–Trinajstić information content (AvgIpc) is 3.21. The van der Waals surface area contributed by atoms with Gasteiger partial charge in [-0.1, -0.05) is 30.3 Å². The lowest BCUT2D eigenvalue weighted by molar-refractivity contribution is 0.217. The first kappa shape index (κ1) is 21.5. The lowest BCUT2D eigenvalue weighted by Gasteiger charge is -2.34. The van der Waals surface area contributed by atoms with Crippen LogP contribution in [0.5, 0.6) is 5.75 Å². The zero-order valence-corrected chi connectivity index (χ0v) is 18.2. The van der Waals surface area contributed by atoms with Gasteiger partial charge in [0, 0.05) is 43.4 Å². The molecule has 0 aliphatic carbocycles. The van der Waals surface area contributed by atoms with Crippen LogP contribution in [0, 0.1) is 5.82 Å². The third-order valence-electron chi connectivity index (χ3n) is 5.56. The van der Waals surface area contributed by atoms with Crippen LogP contribution in [0.25, 0.3) is 0 Å². The van der Waals surface area contributed by atoms with Crippen LogP contribution in [0.2, 0.25) is 0 Å². The summed E-state index contributed by atoms with van der Waals surface area (Å²) in [4.78, 5) is 3.86. The number of hydrogen-bond donors (Lipinski definition) is 2. The van der Waals surface area contributed by atoms with Gasteiger partial charge in [-0.15, -0.1) is 0 Å². The Morgan fingerprint density at radius 3 is 2.71 bits per heavy atom. The molecule has 0 fully saturated rings. The molecule has 1 aliphatic heterocycles. The number of benzene rings is 2. The molecule has 1 aromatic heterocycles. The van der Waals surface area contributed by atoms with Crippen molar-refractivity contribution in [2.24, 2.45) is 7.05 Å². The second-order valence-electron chi connectivity index (χ2n) is 7.69. The Labute approximate surface area is 181 Å². The van der Waals surface area contributed by atoms with Gasteiger partial charge in [0.25, 0.3) is 10.0 Å². The van der Waals surface area contributed by atoms with Crippen molar-refractivity contribution in [2.45, 2.75) is 30.0 Å². The Balaban J connectivity index is 1.62. The zero-order chi connectivity index (χ0) is 22.0. The third kappa shape index (κ3) is 4.63. The second-order valence-corrected chi connectivity index (χ2v) is 9.40. The fourth-order valence-electron chi connectivity index (χ4n) is 3.86. The molecule has 1 aliphatic rings. The van der Waals surface area contributed by atoms with E-state index in [-0.39, 0.29) is 29.1 Å². The molecular formula is C22H25FN4O3S. The van der Waals surface area contributed by atoms with Gasteiger partial charge < -0.3 is 14.6 Å². The van der Waals surface area contributed by atoms with Crippen molar-refractivity contribution in [3.8, 4) is 5.75 Å². The maximum absolute atomic E-state index is 14.7. The monoisotopic (exact) mass is 444 g/mol. The fourth-order valence-corrected chi connectivity index (χ4v) is 4.85. The van der Waals surface area contributed by atoms with Crippen molar-refractivity contribution in [1.82, 2.24) is 19.6 Å². The third-order valence-corrected chi connectivity index (χ3v) is 6.85. The molecule has 0 saturated carbocycles. The van der Waals surface area contributed by atoms with Gasteiger partial charge in [-0.05, 0) is 30.7 Å². The highest BCUT2D eigenvalue weighted by Crippen LogP contribution is 2.37. The number of imidazole rings is 1. The van der Waals surface area contributed by atoms with Gasteiger partial charge in [-0.2, -0.15) is 0 Å². The van der Waals surface area contributed by atoms with Gasteiger partial charge in [0.1, 0.15) is 18.2 Å². The average molecular weight is 445 g/mol. The molecule has 0 bridgehead atoms. The molecule has 3 aromatic rings. The van der Waals surface area contributed by atoms with Crippen molar-refractivity contribution in [3.63, 3.8) is 0 Å². The fraction of sp³-hybridized carbons (Fsp3) is 0.318. The van der Waals surface area contributed by atoms with Gasteiger partial charge in [0.15, 0.2) is 5.03 Å². The number of fused-ring (bicyclic) bond motifs is 1. The van der Waals surface area contributed by atoms with Gasteiger partial charge >= 0.3 is 0 Å². The summed E-state index contributed by atoms with van der Waals surface area (Å²) in [5.41, 5.74) is 2.29. The highest BCUT2D eigenvalue weighted by Gasteiger charge is 2.31. The molecule has 0 unspecified atom stereocenters. The van der Waals surface area contributed by atoms with Gasteiger partial charge in [0.2, 0.25) is 0 Å². The Kier molecular flexibility index (Phi) is 6.08. The van der Waals surface area contributed by atoms with E-state index >= 15 is 0 Å². The maximum Gasteiger partial charge on any atom is 0.259 e. The first-order chi connectivity index (χ1) is 14.9. The van der Waals surface area contributed by atoms with Gasteiger partial charge in [0.05, 0.1) is 6.33 Å². The molecule has 4 rings (SSSR count). The predicted octanol–water partition coefficient (Wildman–Crippen LogP) is 2.34. The molecule has 2 atom stereocenters. The summed E-state index contributed by atoms with van der Waals surface area (Å²) in [6, 6.07) is 13.2. The Hall–Kier alpha value is -2.75. The number of halogens is 1. The van der Waals surface area contributed by atoms with Crippen LogP contribution in [-0.2, 0) is 30.0 Å². The van der Waals surface area contributed by atoms with E-state index in [0.29, 0.717) is 12.4 Å².